The number of rotatable bonds is 2. The van der Waals surface area contributed by atoms with Gasteiger partial charge in [0.15, 0.2) is 0 Å². The van der Waals surface area contributed by atoms with Crippen molar-refractivity contribution >= 4 is 27.7 Å². The maximum Gasteiger partial charge on any atom is 0.257 e. The molecule has 0 spiro atoms. The number of aryl methyl sites for hydroxylation is 1. The van der Waals surface area contributed by atoms with Crippen LogP contribution < -0.4 is 5.32 Å². The third-order valence-corrected chi connectivity index (χ3v) is 2.96. The second-order valence-electron chi connectivity index (χ2n) is 3.65. The topological polar surface area (TPSA) is 42.0 Å². The first kappa shape index (κ1) is 11.8. The molecule has 1 N–H and O–H groups in total. The van der Waals surface area contributed by atoms with E-state index in [2.05, 4.69) is 26.2 Å². The van der Waals surface area contributed by atoms with Crippen molar-refractivity contribution in [2.45, 2.75) is 6.92 Å². The fourth-order valence-corrected chi connectivity index (χ4v) is 1.86. The molecule has 0 bridgehead atoms. The van der Waals surface area contributed by atoms with Crippen molar-refractivity contribution in [2.24, 2.45) is 0 Å². The predicted molar refractivity (Wildman–Crippen MR) is 71.1 cm³/mol. The average molecular weight is 291 g/mol. The van der Waals surface area contributed by atoms with Crippen LogP contribution in [-0.2, 0) is 0 Å². The smallest absolute Gasteiger partial charge is 0.257 e. The monoisotopic (exact) mass is 290 g/mol. The van der Waals surface area contributed by atoms with Crippen LogP contribution in [0.4, 0.5) is 5.82 Å². The van der Waals surface area contributed by atoms with Gasteiger partial charge in [-0.15, -0.1) is 0 Å². The lowest BCUT2D eigenvalue weighted by atomic mass is 10.1. The van der Waals surface area contributed by atoms with Crippen LogP contribution in [0, 0.1) is 6.92 Å². The number of amides is 1. The van der Waals surface area contributed by atoms with Crippen LogP contribution in [0.25, 0.3) is 0 Å². The van der Waals surface area contributed by atoms with Crippen LogP contribution in [0.1, 0.15) is 15.9 Å². The van der Waals surface area contributed by atoms with Crippen molar-refractivity contribution in [1.82, 2.24) is 4.98 Å². The van der Waals surface area contributed by atoms with E-state index in [9.17, 15) is 4.79 Å². The average Bonchev–Trinajstić information content (AvgIpc) is 2.33. The summed E-state index contributed by atoms with van der Waals surface area (Å²) in [5.74, 6) is 0.380. The molecule has 3 nitrogen and oxygen atoms in total. The van der Waals surface area contributed by atoms with Gasteiger partial charge in [-0.25, -0.2) is 4.98 Å². The Hall–Kier alpha value is -1.68. The molecule has 2 aromatic rings. The lowest BCUT2D eigenvalue weighted by Crippen LogP contribution is -2.13. The van der Waals surface area contributed by atoms with E-state index in [-0.39, 0.29) is 5.91 Å². The van der Waals surface area contributed by atoms with E-state index in [1.807, 2.05) is 31.2 Å². The van der Waals surface area contributed by atoms with Gasteiger partial charge in [-0.2, -0.15) is 0 Å². The van der Waals surface area contributed by atoms with Crippen molar-refractivity contribution in [3.8, 4) is 0 Å². The zero-order valence-corrected chi connectivity index (χ0v) is 10.9. The minimum Gasteiger partial charge on any atom is -0.307 e. The number of hydrogen-bond acceptors (Lipinski definition) is 2. The molecule has 86 valence electrons. The van der Waals surface area contributed by atoms with Crippen molar-refractivity contribution in [2.75, 3.05) is 5.32 Å². The number of carbonyl (C=O) groups is 1. The van der Waals surface area contributed by atoms with E-state index in [1.54, 1.807) is 18.3 Å². The fourth-order valence-electron chi connectivity index (χ4n) is 1.43. The molecule has 2 rings (SSSR count). The molecule has 0 saturated carbocycles. The predicted octanol–water partition coefficient (Wildman–Crippen LogP) is 3.40. The Balaban J connectivity index is 2.23. The van der Waals surface area contributed by atoms with Gasteiger partial charge in [0.25, 0.3) is 5.91 Å². The highest BCUT2D eigenvalue weighted by atomic mass is 79.9. The first-order valence-corrected chi connectivity index (χ1v) is 5.94. The van der Waals surface area contributed by atoms with Crippen LogP contribution in [0.15, 0.2) is 47.1 Å². The number of aromatic nitrogens is 1. The maximum absolute atomic E-state index is 12.0. The minimum absolute atomic E-state index is 0.167. The molecule has 0 atom stereocenters. The number of nitrogens with zero attached hydrogens (tertiary/aromatic N) is 1. The molecular weight excluding hydrogens is 280 g/mol. The summed E-state index contributed by atoms with van der Waals surface area (Å²) in [5, 5.41) is 2.75. The van der Waals surface area contributed by atoms with Gasteiger partial charge in [0, 0.05) is 10.7 Å². The number of anilines is 1. The summed E-state index contributed by atoms with van der Waals surface area (Å²) in [4.78, 5) is 16.1. The van der Waals surface area contributed by atoms with Crippen LogP contribution in [-0.4, -0.2) is 10.9 Å². The highest BCUT2D eigenvalue weighted by molar-refractivity contribution is 9.10. The molecule has 0 unspecified atom stereocenters. The molecule has 0 radical (unpaired) electrons. The van der Waals surface area contributed by atoms with Gasteiger partial charge in [0.05, 0.1) is 5.56 Å². The van der Waals surface area contributed by atoms with Crippen molar-refractivity contribution in [1.29, 1.82) is 0 Å². The molecule has 1 heterocycles. The lowest BCUT2D eigenvalue weighted by molar-refractivity contribution is 0.102. The summed E-state index contributed by atoms with van der Waals surface area (Å²) >= 11 is 3.36. The van der Waals surface area contributed by atoms with E-state index in [4.69, 9.17) is 0 Å². The summed E-state index contributed by atoms with van der Waals surface area (Å²) in [6, 6.07) is 11.0. The highest BCUT2D eigenvalue weighted by Gasteiger charge is 2.10. The Labute approximate surface area is 108 Å². The fraction of sp³-hybridized carbons (Fsp3) is 0.0769. The number of nitrogens with one attached hydrogen (secondary N) is 1. The van der Waals surface area contributed by atoms with Crippen LogP contribution in [0.2, 0.25) is 0 Å². The van der Waals surface area contributed by atoms with Crippen LogP contribution in [0.3, 0.4) is 0 Å². The Morgan fingerprint density at radius 1 is 1.29 bits per heavy atom. The minimum atomic E-state index is -0.167. The van der Waals surface area contributed by atoms with Gasteiger partial charge < -0.3 is 5.32 Å². The molecule has 4 heteroatoms. The van der Waals surface area contributed by atoms with Crippen molar-refractivity contribution in [3.05, 3.63) is 58.2 Å². The Morgan fingerprint density at radius 2 is 2.12 bits per heavy atom. The Morgan fingerprint density at radius 3 is 2.82 bits per heavy atom. The number of hydrogen-bond donors (Lipinski definition) is 1. The molecular formula is C13H11BrN2O. The van der Waals surface area contributed by atoms with Gasteiger partial charge in [-0.1, -0.05) is 17.7 Å². The first-order valence-electron chi connectivity index (χ1n) is 5.15. The third kappa shape index (κ3) is 2.91. The Bertz CT molecular complexity index is 540. The molecule has 0 aliphatic rings. The second-order valence-corrected chi connectivity index (χ2v) is 4.51. The van der Waals surface area contributed by atoms with Gasteiger partial charge in [0.1, 0.15) is 5.82 Å². The number of pyridine rings is 1. The maximum atomic E-state index is 12.0. The Kier molecular flexibility index (Phi) is 3.54. The second kappa shape index (κ2) is 5.10. The summed E-state index contributed by atoms with van der Waals surface area (Å²) in [6.07, 6.45) is 1.64. The van der Waals surface area contributed by atoms with Crippen LogP contribution in [0.5, 0.6) is 0 Å². The van der Waals surface area contributed by atoms with Gasteiger partial charge in [-0.05, 0) is 47.1 Å². The van der Waals surface area contributed by atoms with E-state index < -0.39 is 0 Å². The van der Waals surface area contributed by atoms with Crippen LogP contribution >= 0.6 is 15.9 Å². The lowest BCUT2D eigenvalue weighted by Gasteiger charge is -2.06. The van der Waals surface area contributed by atoms with Crippen molar-refractivity contribution < 1.29 is 4.79 Å². The van der Waals surface area contributed by atoms with E-state index in [0.717, 1.165) is 10.0 Å². The number of carbonyl (C=O) groups excluding carboxylic acids is 1. The van der Waals surface area contributed by atoms with E-state index in [1.165, 1.54) is 0 Å². The molecule has 0 aliphatic heterocycles. The summed E-state index contributed by atoms with van der Waals surface area (Å²) < 4.78 is 0.775. The zero-order valence-electron chi connectivity index (χ0n) is 9.27. The molecule has 1 aromatic heterocycles. The molecule has 1 aromatic carbocycles. The number of benzene rings is 1. The largest absolute Gasteiger partial charge is 0.307 e. The molecule has 17 heavy (non-hydrogen) atoms. The molecule has 0 aliphatic carbocycles. The molecule has 0 fully saturated rings. The zero-order chi connectivity index (χ0) is 12.3. The summed E-state index contributed by atoms with van der Waals surface area (Å²) in [6.45, 7) is 1.95. The molecule has 0 saturated heterocycles. The van der Waals surface area contributed by atoms with E-state index >= 15 is 0 Å². The van der Waals surface area contributed by atoms with Crippen molar-refractivity contribution in [3.63, 3.8) is 0 Å². The first-order chi connectivity index (χ1) is 8.16. The molecule has 1 amide bonds. The number of halogens is 1. The third-order valence-electron chi connectivity index (χ3n) is 2.27. The quantitative estimate of drug-likeness (QED) is 0.921. The standard InChI is InChI=1S/C13H11BrN2O/c1-9-5-6-11(14)10(8-9)13(17)16-12-4-2-3-7-15-12/h2-8H,1H3,(H,15,16,17). The SMILES string of the molecule is Cc1ccc(Br)c(C(=O)Nc2ccccn2)c1. The summed E-state index contributed by atoms with van der Waals surface area (Å²) in [5.41, 5.74) is 1.65. The highest BCUT2D eigenvalue weighted by Crippen LogP contribution is 2.19. The summed E-state index contributed by atoms with van der Waals surface area (Å²) in [7, 11) is 0. The van der Waals surface area contributed by atoms with E-state index in [0.29, 0.717) is 11.4 Å². The van der Waals surface area contributed by atoms with Gasteiger partial charge in [0.2, 0.25) is 0 Å². The van der Waals surface area contributed by atoms with Gasteiger partial charge >= 0.3 is 0 Å². The van der Waals surface area contributed by atoms with Gasteiger partial charge in [-0.3, -0.25) is 4.79 Å². The normalized spacial score (nSPS) is 10.0.